The molecule has 0 unspecified atom stereocenters. The standard InChI is InChI=1S/C28H27N5O2S/c1-17(2)20-9-5-7-11-22(20)29-25(34)16-36-28-31-30-27-32(24-15-18(3)13-14-19(24)4)26(35)21-10-6-8-12-23(21)33(27)28/h5-15,17H,16H2,1-4H3,(H,29,34). The lowest BCUT2D eigenvalue weighted by Crippen LogP contribution is -2.22. The minimum absolute atomic E-state index is 0.128. The first kappa shape index (κ1) is 23.8. The van der Waals surface area contributed by atoms with Gasteiger partial charge >= 0.3 is 0 Å². The minimum atomic E-state index is -0.154. The van der Waals surface area contributed by atoms with E-state index in [9.17, 15) is 9.59 Å². The van der Waals surface area contributed by atoms with Crippen LogP contribution in [-0.2, 0) is 4.79 Å². The maximum Gasteiger partial charge on any atom is 0.267 e. The predicted octanol–water partition coefficient (Wildman–Crippen LogP) is 5.50. The van der Waals surface area contributed by atoms with E-state index in [-0.39, 0.29) is 17.2 Å². The Labute approximate surface area is 213 Å². The number of thioether (sulfide) groups is 1. The van der Waals surface area contributed by atoms with Crippen molar-refractivity contribution in [2.75, 3.05) is 11.1 Å². The zero-order valence-corrected chi connectivity index (χ0v) is 21.5. The second-order valence-electron chi connectivity index (χ2n) is 9.14. The van der Waals surface area contributed by atoms with Gasteiger partial charge in [0.1, 0.15) is 0 Å². The highest BCUT2D eigenvalue weighted by Crippen LogP contribution is 2.26. The van der Waals surface area contributed by atoms with Crippen LogP contribution in [0.5, 0.6) is 0 Å². The third kappa shape index (κ3) is 4.28. The van der Waals surface area contributed by atoms with Crippen LogP contribution in [0.1, 0.15) is 36.5 Å². The van der Waals surface area contributed by atoms with Gasteiger partial charge in [-0.05, 0) is 60.7 Å². The van der Waals surface area contributed by atoms with E-state index in [2.05, 4.69) is 29.4 Å². The molecule has 2 aromatic heterocycles. The smallest absolute Gasteiger partial charge is 0.267 e. The molecule has 0 aliphatic carbocycles. The number of hydrogen-bond acceptors (Lipinski definition) is 5. The Balaban J connectivity index is 1.55. The molecule has 0 aliphatic rings. The predicted molar refractivity (Wildman–Crippen MR) is 145 cm³/mol. The molecule has 0 atom stereocenters. The number of benzene rings is 3. The summed E-state index contributed by atoms with van der Waals surface area (Å²) < 4.78 is 3.47. The van der Waals surface area contributed by atoms with E-state index in [1.54, 1.807) is 4.57 Å². The molecule has 0 fully saturated rings. The summed E-state index contributed by atoms with van der Waals surface area (Å²) in [4.78, 5) is 26.4. The van der Waals surface area contributed by atoms with E-state index < -0.39 is 0 Å². The maximum atomic E-state index is 13.6. The first-order chi connectivity index (χ1) is 17.3. The number of hydrogen-bond donors (Lipinski definition) is 1. The highest BCUT2D eigenvalue weighted by molar-refractivity contribution is 7.99. The van der Waals surface area contributed by atoms with Gasteiger partial charge in [0.05, 0.1) is 22.3 Å². The van der Waals surface area contributed by atoms with Gasteiger partial charge in [-0.2, -0.15) is 0 Å². The Bertz CT molecular complexity index is 1670. The van der Waals surface area contributed by atoms with Crippen molar-refractivity contribution in [3.63, 3.8) is 0 Å². The number of carbonyl (C=O) groups excluding carboxylic acids is 1. The highest BCUT2D eigenvalue weighted by atomic mass is 32.2. The summed E-state index contributed by atoms with van der Waals surface area (Å²) in [7, 11) is 0. The molecular weight excluding hydrogens is 470 g/mol. The molecule has 0 saturated carbocycles. The first-order valence-corrected chi connectivity index (χ1v) is 12.8. The number of aryl methyl sites for hydroxylation is 2. The number of para-hydroxylation sites is 2. The summed E-state index contributed by atoms with van der Waals surface area (Å²) in [6, 6.07) is 21.2. The molecule has 0 spiro atoms. The van der Waals surface area contributed by atoms with Crippen LogP contribution >= 0.6 is 11.8 Å². The Kier molecular flexibility index (Phi) is 6.36. The van der Waals surface area contributed by atoms with Crippen molar-refractivity contribution < 1.29 is 4.79 Å². The van der Waals surface area contributed by atoms with Crippen LogP contribution in [0.2, 0.25) is 0 Å². The van der Waals surface area contributed by atoms with E-state index in [4.69, 9.17) is 0 Å². The van der Waals surface area contributed by atoms with Crippen molar-refractivity contribution in [1.82, 2.24) is 19.2 Å². The minimum Gasteiger partial charge on any atom is -0.325 e. The van der Waals surface area contributed by atoms with Crippen LogP contribution in [0, 0.1) is 13.8 Å². The summed E-state index contributed by atoms with van der Waals surface area (Å²) in [5.41, 5.74) is 5.23. The Morgan fingerprint density at radius 3 is 2.56 bits per heavy atom. The van der Waals surface area contributed by atoms with E-state index in [1.165, 1.54) is 11.8 Å². The third-order valence-electron chi connectivity index (χ3n) is 6.19. The lowest BCUT2D eigenvalue weighted by atomic mass is 10.0. The monoisotopic (exact) mass is 497 g/mol. The molecule has 0 saturated heterocycles. The van der Waals surface area contributed by atoms with Crippen LogP contribution in [0.3, 0.4) is 0 Å². The van der Waals surface area contributed by atoms with Crippen molar-refractivity contribution in [1.29, 1.82) is 0 Å². The molecule has 0 bridgehead atoms. The lowest BCUT2D eigenvalue weighted by Gasteiger charge is -2.14. The number of aromatic nitrogens is 4. The van der Waals surface area contributed by atoms with Gasteiger partial charge in [0.25, 0.3) is 5.56 Å². The quantitative estimate of drug-likeness (QED) is 0.313. The third-order valence-corrected chi connectivity index (χ3v) is 7.12. The zero-order valence-electron chi connectivity index (χ0n) is 20.6. The van der Waals surface area contributed by atoms with E-state index in [0.717, 1.165) is 28.1 Å². The Morgan fingerprint density at radius 1 is 1.00 bits per heavy atom. The van der Waals surface area contributed by atoms with E-state index in [0.29, 0.717) is 27.8 Å². The van der Waals surface area contributed by atoms with Crippen molar-refractivity contribution in [2.24, 2.45) is 0 Å². The van der Waals surface area contributed by atoms with E-state index in [1.807, 2.05) is 85.0 Å². The van der Waals surface area contributed by atoms with E-state index >= 15 is 0 Å². The van der Waals surface area contributed by atoms with Gasteiger partial charge in [-0.25, -0.2) is 4.57 Å². The molecule has 0 aliphatic heterocycles. The second-order valence-corrected chi connectivity index (χ2v) is 10.1. The number of amides is 1. The lowest BCUT2D eigenvalue weighted by molar-refractivity contribution is -0.113. The normalized spacial score (nSPS) is 11.5. The number of nitrogens with zero attached hydrogens (tertiary/aromatic N) is 4. The number of fused-ring (bicyclic) bond motifs is 3. The molecule has 7 nitrogen and oxygen atoms in total. The van der Waals surface area contributed by atoms with Gasteiger partial charge in [0.15, 0.2) is 5.16 Å². The fourth-order valence-corrected chi connectivity index (χ4v) is 5.12. The van der Waals surface area contributed by atoms with Crippen LogP contribution in [-0.4, -0.2) is 30.8 Å². The largest absolute Gasteiger partial charge is 0.325 e. The van der Waals surface area contributed by atoms with Crippen molar-refractivity contribution in [3.8, 4) is 5.69 Å². The summed E-state index contributed by atoms with van der Waals surface area (Å²) in [6.45, 7) is 8.16. The average molecular weight is 498 g/mol. The van der Waals surface area contributed by atoms with Crippen LogP contribution in [0.4, 0.5) is 5.69 Å². The Morgan fingerprint density at radius 2 is 1.75 bits per heavy atom. The second kappa shape index (κ2) is 9.62. The van der Waals surface area contributed by atoms with Crippen molar-refractivity contribution in [3.05, 3.63) is 93.8 Å². The molecule has 1 amide bonds. The number of carbonyl (C=O) groups is 1. The fourth-order valence-electron chi connectivity index (χ4n) is 4.38. The average Bonchev–Trinajstić information content (AvgIpc) is 3.29. The Hall–Kier alpha value is -3.91. The maximum absolute atomic E-state index is 13.6. The number of anilines is 1. The topological polar surface area (TPSA) is 81.3 Å². The van der Waals surface area contributed by atoms with Gasteiger partial charge in [0, 0.05) is 5.69 Å². The number of nitrogens with one attached hydrogen (secondary N) is 1. The van der Waals surface area contributed by atoms with Crippen molar-refractivity contribution in [2.45, 2.75) is 38.8 Å². The SMILES string of the molecule is Cc1ccc(C)c(-n2c(=O)c3ccccc3n3c(SCC(=O)Nc4ccccc4C(C)C)nnc23)c1. The summed E-state index contributed by atoms with van der Waals surface area (Å²) in [6.07, 6.45) is 0. The molecule has 5 aromatic rings. The fraction of sp³-hybridized carbons (Fsp3) is 0.214. The van der Waals surface area contributed by atoms with Crippen LogP contribution in [0.15, 0.2) is 76.7 Å². The van der Waals surface area contributed by atoms with Gasteiger partial charge in [0.2, 0.25) is 11.7 Å². The highest BCUT2D eigenvalue weighted by Gasteiger charge is 2.20. The summed E-state index contributed by atoms with van der Waals surface area (Å²) in [5.74, 6) is 0.740. The summed E-state index contributed by atoms with van der Waals surface area (Å²) >= 11 is 1.29. The summed E-state index contributed by atoms with van der Waals surface area (Å²) in [5, 5.41) is 12.9. The molecule has 1 N–H and O–H groups in total. The van der Waals surface area contributed by atoms with Gasteiger partial charge in [-0.1, -0.05) is 68.1 Å². The van der Waals surface area contributed by atoms with Crippen LogP contribution < -0.4 is 10.9 Å². The molecule has 0 radical (unpaired) electrons. The molecule has 182 valence electrons. The molecular formula is C28H27N5O2S. The molecule has 2 heterocycles. The van der Waals surface area contributed by atoms with Gasteiger partial charge in [-0.15, -0.1) is 10.2 Å². The van der Waals surface area contributed by atoms with Gasteiger partial charge in [-0.3, -0.25) is 14.0 Å². The molecule has 3 aromatic carbocycles. The van der Waals surface area contributed by atoms with Crippen LogP contribution in [0.25, 0.3) is 22.4 Å². The number of rotatable bonds is 6. The van der Waals surface area contributed by atoms with Crippen molar-refractivity contribution >= 4 is 40.0 Å². The molecule has 8 heteroatoms. The first-order valence-electron chi connectivity index (χ1n) is 11.8. The zero-order chi connectivity index (χ0) is 25.4. The van der Waals surface area contributed by atoms with Gasteiger partial charge < -0.3 is 5.32 Å². The molecule has 36 heavy (non-hydrogen) atoms. The molecule has 5 rings (SSSR count).